The molecule has 0 amide bonds. The van der Waals surface area contributed by atoms with Crippen LogP contribution in [0.4, 0.5) is 0 Å². The van der Waals surface area contributed by atoms with Gasteiger partial charge < -0.3 is 4.74 Å². The first-order chi connectivity index (χ1) is 16.0. The van der Waals surface area contributed by atoms with Gasteiger partial charge in [-0.2, -0.15) is 0 Å². The highest BCUT2D eigenvalue weighted by Crippen LogP contribution is 2.49. The van der Waals surface area contributed by atoms with Gasteiger partial charge in [0.2, 0.25) is 5.78 Å². The average molecular weight is 462 g/mol. The summed E-state index contributed by atoms with van der Waals surface area (Å²) in [6.07, 6.45) is 10.9. The predicted molar refractivity (Wildman–Crippen MR) is 129 cm³/mol. The molecular weight excluding hydrogens is 434 g/mol. The third kappa shape index (κ3) is 4.13. The summed E-state index contributed by atoms with van der Waals surface area (Å²) in [4.78, 5) is 9.23. The Bertz CT molecular complexity index is 1380. The molecule has 0 bridgehead atoms. The maximum absolute atomic E-state index is 12.4. The summed E-state index contributed by atoms with van der Waals surface area (Å²) < 4.78 is 31.7. The number of ether oxygens (including phenoxy) is 1. The van der Waals surface area contributed by atoms with E-state index in [-0.39, 0.29) is 4.90 Å². The van der Waals surface area contributed by atoms with Crippen LogP contribution in [0.3, 0.4) is 0 Å². The molecular formula is C26H27N3O3S. The summed E-state index contributed by atoms with van der Waals surface area (Å²) in [5.41, 5.74) is 2.78. The maximum atomic E-state index is 12.4. The molecule has 2 aromatic heterocycles. The van der Waals surface area contributed by atoms with Crippen molar-refractivity contribution in [3.8, 4) is 28.3 Å². The molecule has 0 aliphatic heterocycles. The SMILES string of the molecule is C1CC2CCC12.COc1ccc(-c2nc3ncccn3c2-c2ccccc2S(C)(=O)=O)cc1. The fourth-order valence-electron chi connectivity index (χ4n) is 4.65. The predicted octanol–water partition coefficient (Wildman–Crippen LogP) is 5.28. The van der Waals surface area contributed by atoms with Gasteiger partial charge >= 0.3 is 0 Å². The molecule has 2 aliphatic carbocycles. The van der Waals surface area contributed by atoms with Gasteiger partial charge in [-0.25, -0.2) is 18.4 Å². The first-order valence-corrected chi connectivity index (χ1v) is 13.1. The molecule has 4 aromatic rings. The minimum Gasteiger partial charge on any atom is -0.497 e. The van der Waals surface area contributed by atoms with Gasteiger partial charge in [-0.1, -0.05) is 18.2 Å². The molecule has 2 fully saturated rings. The minimum atomic E-state index is -3.42. The highest BCUT2D eigenvalue weighted by atomic mass is 32.2. The van der Waals surface area contributed by atoms with Crippen LogP contribution < -0.4 is 4.74 Å². The maximum Gasteiger partial charge on any atom is 0.234 e. The zero-order chi connectivity index (χ0) is 23.0. The van der Waals surface area contributed by atoms with Crippen LogP contribution in [0.5, 0.6) is 5.75 Å². The Hall–Kier alpha value is -3.19. The van der Waals surface area contributed by atoms with Gasteiger partial charge in [0.1, 0.15) is 5.75 Å². The van der Waals surface area contributed by atoms with E-state index in [0.29, 0.717) is 22.7 Å². The van der Waals surface area contributed by atoms with E-state index in [1.165, 1.54) is 18.1 Å². The number of benzene rings is 2. The molecule has 33 heavy (non-hydrogen) atoms. The molecule has 0 saturated heterocycles. The van der Waals surface area contributed by atoms with Crippen LogP contribution in [-0.2, 0) is 9.84 Å². The Morgan fingerprint density at radius 2 is 1.61 bits per heavy atom. The Labute approximate surface area is 194 Å². The van der Waals surface area contributed by atoms with E-state index >= 15 is 0 Å². The third-order valence-electron chi connectivity index (χ3n) is 6.79. The molecule has 2 aromatic carbocycles. The summed E-state index contributed by atoms with van der Waals surface area (Å²) in [7, 11) is -1.81. The molecule has 0 unspecified atom stereocenters. The Morgan fingerprint density at radius 3 is 2.18 bits per heavy atom. The van der Waals surface area contributed by atoms with Gasteiger partial charge in [0.25, 0.3) is 0 Å². The van der Waals surface area contributed by atoms with Gasteiger partial charge in [0, 0.05) is 29.8 Å². The zero-order valence-corrected chi connectivity index (χ0v) is 19.6. The minimum absolute atomic E-state index is 0.255. The molecule has 6 rings (SSSR count). The fourth-order valence-corrected chi connectivity index (χ4v) is 5.54. The van der Waals surface area contributed by atoms with E-state index in [1.807, 2.05) is 40.9 Å². The first kappa shape index (κ1) is 21.6. The summed E-state index contributed by atoms with van der Waals surface area (Å²) >= 11 is 0. The molecule has 0 spiro atoms. The Kier molecular flexibility index (Phi) is 5.66. The second kappa shape index (κ2) is 8.63. The standard InChI is InChI=1S/C20H17N3O3S.C6H10/c1-26-15-10-8-14(9-11-15)18-19(23-13-5-12-21-20(23)22-18)16-6-3-4-7-17(16)27(2,24)25;1-2-6-4-3-5(1)6/h3-13H,1-2H3;5-6H,1-4H2. The van der Waals surface area contributed by atoms with E-state index in [0.717, 1.165) is 11.3 Å². The largest absolute Gasteiger partial charge is 0.497 e. The molecule has 2 heterocycles. The van der Waals surface area contributed by atoms with Crippen molar-refractivity contribution in [2.45, 2.75) is 30.6 Å². The molecule has 2 saturated carbocycles. The molecule has 0 N–H and O–H groups in total. The molecule has 0 radical (unpaired) electrons. The van der Waals surface area contributed by atoms with E-state index in [4.69, 9.17) is 4.74 Å². The lowest BCUT2D eigenvalue weighted by Crippen LogP contribution is -2.34. The zero-order valence-electron chi connectivity index (χ0n) is 18.8. The van der Waals surface area contributed by atoms with Crippen molar-refractivity contribution >= 4 is 15.6 Å². The van der Waals surface area contributed by atoms with Crippen LogP contribution in [0.25, 0.3) is 28.3 Å². The topological polar surface area (TPSA) is 73.6 Å². The van der Waals surface area contributed by atoms with Crippen LogP contribution in [0, 0.1) is 11.8 Å². The lowest BCUT2D eigenvalue weighted by Gasteiger charge is -2.46. The number of rotatable bonds is 4. The lowest BCUT2D eigenvalue weighted by atomic mass is 9.60. The number of hydrogen-bond donors (Lipinski definition) is 0. The number of hydrogen-bond acceptors (Lipinski definition) is 5. The average Bonchev–Trinajstić information content (AvgIpc) is 3.21. The lowest BCUT2D eigenvalue weighted by molar-refractivity contribution is 0.0548. The van der Waals surface area contributed by atoms with E-state index < -0.39 is 9.84 Å². The number of imidazole rings is 1. The summed E-state index contributed by atoms with van der Waals surface area (Å²) in [6.45, 7) is 0. The summed E-state index contributed by atoms with van der Waals surface area (Å²) in [5, 5.41) is 0. The molecule has 0 atom stereocenters. The van der Waals surface area contributed by atoms with Gasteiger partial charge in [-0.15, -0.1) is 0 Å². The van der Waals surface area contributed by atoms with Crippen molar-refractivity contribution in [3.05, 3.63) is 67.0 Å². The quantitative estimate of drug-likeness (QED) is 0.413. The number of methoxy groups -OCH3 is 1. The molecule has 7 heteroatoms. The summed E-state index contributed by atoms with van der Waals surface area (Å²) in [6, 6.07) is 16.2. The van der Waals surface area contributed by atoms with Crippen LogP contribution >= 0.6 is 0 Å². The van der Waals surface area contributed by atoms with E-state index in [1.54, 1.807) is 63.3 Å². The molecule has 170 valence electrons. The summed E-state index contributed by atoms with van der Waals surface area (Å²) in [5.74, 6) is 3.66. The van der Waals surface area contributed by atoms with E-state index in [2.05, 4.69) is 9.97 Å². The van der Waals surface area contributed by atoms with Gasteiger partial charge in [-0.05, 0) is 73.9 Å². The van der Waals surface area contributed by atoms with Gasteiger partial charge in [0.15, 0.2) is 9.84 Å². The smallest absolute Gasteiger partial charge is 0.234 e. The van der Waals surface area contributed by atoms with Crippen molar-refractivity contribution in [1.29, 1.82) is 0 Å². The van der Waals surface area contributed by atoms with Crippen molar-refractivity contribution in [2.24, 2.45) is 11.8 Å². The number of fused-ring (bicyclic) bond motifs is 2. The van der Waals surface area contributed by atoms with Crippen molar-refractivity contribution in [1.82, 2.24) is 14.4 Å². The highest BCUT2D eigenvalue weighted by Gasteiger charge is 2.37. The number of aromatic nitrogens is 3. The van der Waals surface area contributed by atoms with Crippen molar-refractivity contribution in [2.75, 3.05) is 13.4 Å². The second-order valence-electron chi connectivity index (χ2n) is 8.77. The second-order valence-corrected chi connectivity index (χ2v) is 10.8. The Morgan fingerprint density at radius 1 is 0.939 bits per heavy atom. The normalized spacial score (nSPS) is 19.0. The first-order valence-electron chi connectivity index (χ1n) is 11.2. The van der Waals surface area contributed by atoms with Gasteiger partial charge in [0.05, 0.1) is 23.4 Å². The van der Waals surface area contributed by atoms with Gasteiger partial charge in [-0.3, -0.25) is 4.40 Å². The van der Waals surface area contributed by atoms with Crippen LogP contribution in [0.2, 0.25) is 0 Å². The molecule has 2 aliphatic rings. The van der Waals surface area contributed by atoms with E-state index in [9.17, 15) is 8.42 Å². The van der Waals surface area contributed by atoms with Crippen LogP contribution in [0.15, 0.2) is 71.9 Å². The fraction of sp³-hybridized carbons (Fsp3) is 0.308. The third-order valence-corrected chi connectivity index (χ3v) is 7.95. The van der Waals surface area contributed by atoms with Crippen molar-refractivity contribution in [3.63, 3.8) is 0 Å². The molecule has 6 nitrogen and oxygen atoms in total. The monoisotopic (exact) mass is 461 g/mol. The van der Waals surface area contributed by atoms with Crippen molar-refractivity contribution < 1.29 is 13.2 Å². The highest BCUT2D eigenvalue weighted by molar-refractivity contribution is 7.90. The number of nitrogens with zero attached hydrogens (tertiary/aromatic N) is 3. The van der Waals surface area contributed by atoms with Crippen LogP contribution in [-0.4, -0.2) is 36.2 Å². The number of sulfone groups is 1. The van der Waals surface area contributed by atoms with Crippen LogP contribution in [0.1, 0.15) is 25.7 Å². The Balaban J connectivity index is 0.000000324.